The molecule has 2 nitrogen and oxygen atoms in total. The molecule has 0 radical (unpaired) electrons. The molecule has 2 atom stereocenters. The zero-order valence-corrected chi connectivity index (χ0v) is 10.3. The van der Waals surface area contributed by atoms with Crippen LogP contribution in [0.1, 0.15) is 38.3 Å². The minimum absolute atomic E-state index is 0.500. The predicted octanol–water partition coefficient (Wildman–Crippen LogP) is 3.06. The van der Waals surface area contributed by atoms with Gasteiger partial charge in [-0.05, 0) is 43.5 Å². The Morgan fingerprint density at radius 2 is 2.31 bits per heavy atom. The Balaban J connectivity index is 2.05. The topological polar surface area (TPSA) is 29.3 Å². The molecule has 1 aliphatic heterocycles. The number of likely N-dealkylation sites (tertiary alicyclic amines) is 1. The molecule has 0 aromatic heterocycles. The van der Waals surface area contributed by atoms with Crippen LogP contribution in [0.4, 0.5) is 5.69 Å². The lowest BCUT2D eigenvalue weighted by Gasteiger charge is -2.24. The summed E-state index contributed by atoms with van der Waals surface area (Å²) in [5.41, 5.74) is 8.05. The minimum Gasteiger partial charge on any atom is -0.399 e. The van der Waals surface area contributed by atoms with E-state index in [0.717, 1.165) is 11.6 Å². The maximum absolute atomic E-state index is 5.83. The highest BCUT2D eigenvalue weighted by atomic mass is 15.2. The van der Waals surface area contributed by atoms with Crippen LogP contribution in [0.25, 0.3) is 0 Å². The second-order valence-corrected chi connectivity index (χ2v) is 4.90. The van der Waals surface area contributed by atoms with Crippen molar-refractivity contribution in [3.8, 4) is 0 Å². The lowest BCUT2D eigenvalue weighted by Crippen LogP contribution is -2.24. The molecule has 88 valence electrons. The van der Waals surface area contributed by atoms with Gasteiger partial charge in [-0.3, -0.25) is 4.90 Å². The summed E-state index contributed by atoms with van der Waals surface area (Å²) in [6.07, 6.45) is 2.66. The first-order valence-corrected chi connectivity index (χ1v) is 6.30. The summed E-state index contributed by atoms with van der Waals surface area (Å²) in [5, 5.41) is 0. The molecule has 16 heavy (non-hydrogen) atoms. The van der Waals surface area contributed by atoms with Crippen molar-refractivity contribution >= 4 is 5.69 Å². The first kappa shape index (κ1) is 11.5. The highest BCUT2D eigenvalue weighted by molar-refractivity contribution is 5.41. The Labute approximate surface area is 98.4 Å². The van der Waals surface area contributed by atoms with Crippen LogP contribution in [-0.2, 0) is 0 Å². The summed E-state index contributed by atoms with van der Waals surface area (Å²) in [6.45, 7) is 7.05. The number of hydrogen-bond acceptors (Lipinski definition) is 2. The molecule has 1 saturated heterocycles. The number of hydrogen-bond donors (Lipinski definition) is 1. The number of rotatable bonds is 3. The van der Waals surface area contributed by atoms with Crippen molar-refractivity contribution < 1.29 is 0 Å². The van der Waals surface area contributed by atoms with Crippen LogP contribution in [0.3, 0.4) is 0 Å². The summed E-state index contributed by atoms with van der Waals surface area (Å²) in [5.74, 6) is 0.892. The molecule has 0 spiro atoms. The zero-order valence-electron chi connectivity index (χ0n) is 10.3. The molecule has 0 amide bonds. The standard InChI is InChI=1S/C14H22N2/c1-3-12-7-8-16(10-12)11(2)13-5-4-6-14(15)9-13/h4-6,9,11-12H,3,7-8,10,15H2,1-2H3. The molecule has 2 N–H and O–H groups in total. The highest BCUT2D eigenvalue weighted by Gasteiger charge is 2.25. The van der Waals surface area contributed by atoms with Gasteiger partial charge in [-0.25, -0.2) is 0 Å². The summed E-state index contributed by atoms with van der Waals surface area (Å²) in [4.78, 5) is 2.57. The first-order chi connectivity index (χ1) is 7.70. The van der Waals surface area contributed by atoms with Gasteiger partial charge in [0.25, 0.3) is 0 Å². The number of benzene rings is 1. The Bertz CT molecular complexity index is 348. The maximum Gasteiger partial charge on any atom is 0.0320 e. The molecule has 0 bridgehead atoms. The van der Waals surface area contributed by atoms with Gasteiger partial charge < -0.3 is 5.73 Å². The van der Waals surface area contributed by atoms with E-state index in [1.54, 1.807) is 0 Å². The van der Waals surface area contributed by atoms with E-state index in [0.29, 0.717) is 6.04 Å². The molecule has 0 saturated carbocycles. The molecule has 2 rings (SSSR count). The number of nitrogen functional groups attached to an aromatic ring is 1. The van der Waals surface area contributed by atoms with Gasteiger partial charge >= 0.3 is 0 Å². The third-order valence-corrected chi connectivity index (χ3v) is 3.84. The average molecular weight is 218 g/mol. The fraction of sp³-hybridized carbons (Fsp3) is 0.571. The molecular weight excluding hydrogens is 196 g/mol. The van der Waals surface area contributed by atoms with E-state index in [4.69, 9.17) is 5.73 Å². The van der Waals surface area contributed by atoms with Crippen molar-refractivity contribution in [3.05, 3.63) is 29.8 Å². The van der Waals surface area contributed by atoms with Gasteiger partial charge in [0, 0.05) is 18.3 Å². The van der Waals surface area contributed by atoms with Gasteiger partial charge in [0.2, 0.25) is 0 Å². The van der Waals surface area contributed by atoms with Crippen LogP contribution < -0.4 is 5.73 Å². The van der Waals surface area contributed by atoms with Gasteiger partial charge in [0.05, 0.1) is 0 Å². The minimum atomic E-state index is 0.500. The molecule has 2 heteroatoms. The predicted molar refractivity (Wildman–Crippen MR) is 69.2 cm³/mol. The van der Waals surface area contributed by atoms with Crippen LogP contribution in [0, 0.1) is 5.92 Å². The SMILES string of the molecule is CCC1CCN(C(C)c2cccc(N)c2)C1. The quantitative estimate of drug-likeness (QED) is 0.790. The lowest BCUT2D eigenvalue weighted by atomic mass is 10.1. The van der Waals surface area contributed by atoms with Crippen molar-refractivity contribution in [2.75, 3.05) is 18.8 Å². The third-order valence-electron chi connectivity index (χ3n) is 3.84. The summed E-state index contributed by atoms with van der Waals surface area (Å²) in [7, 11) is 0. The van der Waals surface area contributed by atoms with Crippen molar-refractivity contribution in [2.24, 2.45) is 5.92 Å². The van der Waals surface area contributed by atoms with Gasteiger partial charge in [-0.15, -0.1) is 0 Å². The van der Waals surface area contributed by atoms with Crippen molar-refractivity contribution in [1.29, 1.82) is 0 Å². The Morgan fingerprint density at radius 3 is 2.94 bits per heavy atom. The normalized spacial score (nSPS) is 23.5. The molecule has 1 aromatic carbocycles. The number of nitrogens with two attached hydrogens (primary N) is 1. The van der Waals surface area contributed by atoms with Crippen molar-refractivity contribution in [3.63, 3.8) is 0 Å². The number of anilines is 1. The van der Waals surface area contributed by atoms with E-state index in [1.165, 1.54) is 31.5 Å². The largest absolute Gasteiger partial charge is 0.399 e. The smallest absolute Gasteiger partial charge is 0.0320 e. The monoisotopic (exact) mass is 218 g/mol. The molecule has 0 aliphatic carbocycles. The fourth-order valence-electron chi connectivity index (χ4n) is 2.58. The summed E-state index contributed by atoms with van der Waals surface area (Å²) < 4.78 is 0. The fourth-order valence-corrected chi connectivity index (χ4v) is 2.58. The Hall–Kier alpha value is -1.02. The average Bonchev–Trinajstić information content (AvgIpc) is 2.76. The van der Waals surface area contributed by atoms with Crippen LogP contribution in [-0.4, -0.2) is 18.0 Å². The van der Waals surface area contributed by atoms with Crippen LogP contribution >= 0.6 is 0 Å². The molecule has 1 aliphatic rings. The highest BCUT2D eigenvalue weighted by Crippen LogP contribution is 2.29. The van der Waals surface area contributed by atoms with E-state index in [2.05, 4.69) is 36.9 Å². The second kappa shape index (κ2) is 4.88. The molecule has 1 aromatic rings. The third kappa shape index (κ3) is 2.38. The van der Waals surface area contributed by atoms with Gasteiger partial charge in [-0.1, -0.05) is 25.5 Å². The molecule has 1 heterocycles. The van der Waals surface area contributed by atoms with E-state index in [9.17, 15) is 0 Å². The van der Waals surface area contributed by atoms with Crippen LogP contribution in [0.15, 0.2) is 24.3 Å². The number of nitrogens with zero attached hydrogens (tertiary/aromatic N) is 1. The van der Waals surface area contributed by atoms with E-state index in [-0.39, 0.29) is 0 Å². The second-order valence-electron chi connectivity index (χ2n) is 4.90. The van der Waals surface area contributed by atoms with Crippen molar-refractivity contribution in [1.82, 2.24) is 4.90 Å². The molecular formula is C14H22N2. The van der Waals surface area contributed by atoms with Gasteiger partial charge in [0.15, 0.2) is 0 Å². The lowest BCUT2D eigenvalue weighted by molar-refractivity contribution is 0.252. The summed E-state index contributed by atoms with van der Waals surface area (Å²) >= 11 is 0. The van der Waals surface area contributed by atoms with E-state index < -0.39 is 0 Å². The Kier molecular flexibility index (Phi) is 3.49. The van der Waals surface area contributed by atoms with E-state index >= 15 is 0 Å². The van der Waals surface area contributed by atoms with E-state index in [1.807, 2.05) is 6.07 Å². The maximum atomic E-state index is 5.83. The molecule has 1 fully saturated rings. The van der Waals surface area contributed by atoms with Crippen LogP contribution in [0.5, 0.6) is 0 Å². The first-order valence-electron chi connectivity index (χ1n) is 6.30. The van der Waals surface area contributed by atoms with Crippen LogP contribution in [0.2, 0.25) is 0 Å². The van der Waals surface area contributed by atoms with Gasteiger partial charge in [-0.2, -0.15) is 0 Å². The summed E-state index contributed by atoms with van der Waals surface area (Å²) in [6, 6.07) is 8.79. The molecule has 2 unspecified atom stereocenters. The zero-order chi connectivity index (χ0) is 11.5. The Morgan fingerprint density at radius 1 is 1.50 bits per heavy atom. The van der Waals surface area contributed by atoms with Gasteiger partial charge in [0.1, 0.15) is 0 Å². The van der Waals surface area contributed by atoms with Crippen molar-refractivity contribution in [2.45, 2.75) is 32.7 Å².